The van der Waals surface area contributed by atoms with Crippen LogP contribution in [0.4, 0.5) is 0 Å². The van der Waals surface area contributed by atoms with E-state index in [1.807, 2.05) is 13.0 Å². The predicted molar refractivity (Wildman–Crippen MR) is 62.5 cm³/mol. The highest BCUT2D eigenvalue weighted by Crippen LogP contribution is 2.22. The van der Waals surface area contributed by atoms with E-state index in [9.17, 15) is 4.79 Å². The van der Waals surface area contributed by atoms with Crippen LogP contribution in [0.1, 0.15) is 28.0 Å². The molecule has 8 heteroatoms. The van der Waals surface area contributed by atoms with Gasteiger partial charge in [-0.15, -0.1) is 5.10 Å². The third-order valence-electron chi connectivity index (χ3n) is 3.10. The quantitative estimate of drug-likeness (QED) is 0.848. The number of carboxylic acid groups (broad SMARTS) is 1. The molecule has 1 saturated heterocycles. The molecule has 0 aliphatic carbocycles. The molecule has 0 radical (unpaired) electrons. The van der Waals surface area contributed by atoms with Crippen LogP contribution in [0.15, 0.2) is 16.8 Å². The Morgan fingerprint density at radius 1 is 1.58 bits per heavy atom. The average molecular weight is 263 g/mol. The van der Waals surface area contributed by atoms with E-state index < -0.39 is 5.97 Å². The second kappa shape index (κ2) is 4.47. The van der Waals surface area contributed by atoms with Gasteiger partial charge in [-0.2, -0.15) is 0 Å². The minimum atomic E-state index is -1.06. The minimum absolute atomic E-state index is 0.0226. The molecule has 1 aliphatic rings. The van der Waals surface area contributed by atoms with Crippen molar-refractivity contribution in [1.82, 2.24) is 25.1 Å². The first-order chi connectivity index (χ1) is 9.11. The van der Waals surface area contributed by atoms with Crippen LogP contribution in [-0.2, 0) is 6.54 Å². The Bertz CT molecular complexity index is 599. The van der Waals surface area contributed by atoms with Crippen molar-refractivity contribution in [3.8, 4) is 0 Å². The zero-order valence-corrected chi connectivity index (χ0v) is 10.4. The van der Waals surface area contributed by atoms with Crippen LogP contribution in [0.2, 0.25) is 0 Å². The zero-order chi connectivity index (χ0) is 13.4. The van der Waals surface area contributed by atoms with Gasteiger partial charge >= 0.3 is 5.97 Å². The normalized spacial score (nSPS) is 16.5. The summed E-state index contributed by atoms with van der Waals surface area (Å²) in [7, 11) is 0. The summed E-state index contributed by atoms with van der Waals surface area (Å²) in [6.45, 7) is 4.19. The molecule has 0 bridgehead atoms. The molecule has 1 aliphatic heterocycles. The first kappa shape index (κ1) is 11.8. The van der Waals surface area contributed by atoms with E-state index in [-0.39, 0.29) is 11.7 Å². The molecule has 1 fully saturated rings. The summed E-state index contributed by atoms with van der Waals surface area (Å²) in [5, 5.41) is 20.1. The number of likely N-dealkylation sites (tertiary alicyclic amines) is 1. The van der Waals surface area contributed by atoms with E-state index in [0.29, 0.717) is 0 Å². The first-order valence-corrected chi connectivity index (χ1v) is 5.91. The maximum atomic E-state index is 10.7. The highest BCUT2D eigenvalue weighted by atomic mass is 16.5. The van der Waals surface area contributed by atoms with Crippen LogP contribution in [0.3, 0.4) is 0 Å². The van der Waals surface area contributed by atoms with E-state index in [1.54, 1.807) is 4.68 Å². The fraction of sp³-hybridized carbons (Fsp3) is 0.455. The predicted octanol–water partition coefficient (Wildman–Crippen LogP) is 0.330. The number of carbonyl (C=O) groups is 1. The van der Waals surface area contributed by atoms with Crippen molar-refractivity contribution in [2.45, 2.75) is 19.5 Å². The summed E-state index contributed by atoms with van der Waals surface area (Å²) in [5.41, 5.74) is 0.881. The average Bonchev–Trinajstić information content (AvgIpc) is 2.91. The van der Waals surface area contributed by atoms with Crippen molar-refractivity contribution < 1.29 is 14.4 Å². The maximum Gasteiger partial charge on any atom is 0.358 e. The summed E-state index contributed by atoms with van der Waals surface area (Å²) in [6, 6.07) is 2.08. The van der Waals surface area contributed by atoms with Crippen molar-refractivity contribution in [1.29, 1.82) is 0 Å². The number of carboxylic acids is 1. The molecular formula is C11H13N5O3. The van der Waals surface area contributed by atoms with Crippen LogP contribution in [0.25, 0.3) is 0 Å². The molecule has 2 aromatic rings. The van der Waals surface area contributed by atoms with Crippen LogP contribution in [0, 0.1) is 6.92 Å². The standard InChI is InChI=1S/C11H13N5O3/c1-7-2-8(13-19-7)3-15-4-9(5-15)16-6-10(11(17)18)12-14-16/h2,6,9H,3-5H2,1H3,(H,17,18). The molecule has 0 saturated carbocycles. The molecule has 2 aromatic heterocycles. The van der Waals surface area contributed by atoms with Crippen LogP contribution >= 0.6 is 0 Å². The van der Waals surface area contributed by atoms with E-state index >= 15 is 0 Å². The molecule has 0 amide bonds. The number of aryl methyl sites for hydroxylation is 1. The fourth-order valence-corrected chi connectivity index (χ4v) is 2.11. The summed E-state index contributed by atoms with van der Waals surface area (Å²) in [4.78, 5) is 12.9. The summed E-state index contributed by atoms with van der Waals surface area (Å²) in [5.74, 6) is -0.255. The molecule has 0 atom stereocenters. The summed E-state index contributed by atoms with van der Waals surface area (Å²) >= 11 is 0. The first-order valence-electron chi connectivity index (χ1n) is 5.91. The van der Waals surface area contributed by atoms with Gasteiger partial charge < -0.3 is 9.63 Å². The van der Waals surface area contributed by atoms with E-state index in [0.717, 1.165) is 31.1 Å². The Morgan fingerprint density at radius 3 is 2.95 bits per heavy atom. The number of hydrogen-bond acceptors (Lipinski definition) is 6. The summed E-state index contributed by atoms with van der Waals surface area (Å²) in [6.07, 6.45) is 1.46. The Kier molecular flexibility index (Phi) is 2.79. The monoisotopic (exact) mass is 263 g/mol. The third kappa shape index (κ3) is 2.34. The molecule has 0 aromatic carbocycles. The van der Waals surface area contributed by atoms with Crippen LogP contribution in [-0.4, -0.2) is 49.2 Å². The number of aromatic carboxylic acids is 1. The Labute approximate surface area is 108 Å². The number of nitrogens with zero attached hydrogens (tertiary/aromatic N) is 5. The van der Waals surface area contributed by atoms with Crippen LogP contribution < -0.4 is 0 Å². The topological polar surface area (TPSA) is 97.3 Å². The largest absolute Gasteiger partial charge is 0.476 e. The molecule has 100 valence electrons. The van der Waals surface area contributed by atoms with Gasteiger partial charge in [-0.3, -0.25) is 4.90 Å². The Balaban J connectivity index is 1.55. The van der Waals surface area contributed by atoms with Crippen molar-refractivity contribution in [3.05, 3.63) is 29.4 Å². The molecule has 0 unspecified atom stereocenters. The van der Waals surface area contributed by atoms with Crippen molar-refractivity contribution in [3.63, 3.8) is 0 Å². The van der Waals surface area contributed by atoms with Gasteiger partial charge in [-0.25, -0.2) is 9.48 Å². The maximum absolute atomic E-state index is 10.7. The van der Waals surface area contributed by atoms with Crippen molar-refractivity contribution >= 4 is 5.97 Å². The van der Waals surface area contributed by atoms with Gasteiger partial charge in [-0.1, -0.05) is 10.4 Å². The molecule has 19 heavy (non-hydrogen) atoms. The highest BCUT2D eigenvalue weighted by Gasteiger charge is 2.30. The Hall–Kier alpha value is -2.22. The van der Waals surface area contributed by atoms with Gasteiger partial charge in [0.2, 0.25) is 0 Å². The molecular weight excluding hydrogens is 250 g/mol. The van der Waals surface area contributed by atoms with Crippen molar-refractivity contribution in [2.75, 3.05) is 13.1 Å². The Morgan fingerprint density at radius 2 is 2.37 bits per heavy atom. The fourth-order valence-electron chi connectivity index (χ4n) is 2.11. The molecule has 3 heterocycles. The highest BCUT2D eigenvalue weighted by molar-refractivity contribution is 5.84. The van der Waals surface area contributed by atoms with E-state index in [1.165, 1.54) is 6.20 Å². The lowest BCUT2D eigenvalue weighted by molar-refractivity contribution is 0.0689. The lowest BCUT2D eigenvalue weighted by atomic mass is 10.1. The van der Waals surface area contributed by atoms with Gasteiger partial charge in [0.15, 0.2) is 5.69 Å². The second-order valence-electron chi connectivity index (χ2n) is 4.67. The van der Waals surface area contributed by atoms with Gasteiger partial charge in [0, 0.05) is 25.7 Å². The zero-order valence-electron chi connectivity index (χ0n) is 10.4. The third-order valence-corrected chi connectivity index (χ3v) is 3.10. The molecule has 0 spiro atoms. The summed E-state index contributed by atoms with van der Waals surface area (Å²) < 4.78 is 6.61. The van der Waals surface area contributed by atoms with Gasteiger partial charge in [0.05, 0.1) is 17.9 Å². The van der Waals surface area contributed by atoms with Crippen LogP contribution in [0.5, 0.6) is 0 Å². The van der Waals surface area contributed by atoms with E-state index in [4.69, 9.17) is 9.63 Å². The lowest BCUT2D eigenvalue weighted by Gasteiger charge is -2.38. The molecule has 1 N–H and O–H groups in total. The second-order valence-corrected chi connectivity index (χ2v) is 4.67. The molecule has 3 rings (SSSR count). The number of rotatable bonds is 4. The SMILES string of the molecule is Cc1cc(CN2CC(n3cc(C(=O)O)nn3)C2)no1. The van der Waals surface area contributed by atoms with Crippen molar-refractivity contribution in [2.24, 2.45) is 0 Å². The minimum Gasteiger partial charge on any atom is -0.476 e. The van der Waals surface area contributed by atoms with Gasteiger partial charge in [-0.05, 0) is 6.92 Å². The van der Waals surface area contributed by atoms with E-state index in [2.05, 4.69) is 20.4 Å². The lowest BCUT2D eigenvalue weighted by Crippen LogP contribution is -2.47. The number of aromatic nitrogens is 4. The van der Waals surface area contributed by atoms with Gasteiger partial charge in [0.1, 0.15) is 5.76 Å². The number of hydrogen-bond donors (Lipinski definition) is 1. The molecule has 8 nitrogen and oxygen atoms in total. The smallest absolute Gasteiger partial charge is 0.358 e. The van der Waals surface area contributed by atoms with Gasteiger partial charge in [0.25, 0.3) is 0 Å².